The van der Waals surface area contributed by atoms with Crippen molar-refractivity contribution in [2.75, 3.05) is 44.6 Å². The number of rotatable bonds is 4. The molecule has 6 nitrogen and oxygen atoms in total. The number of nitrogens with zero attached hydrogens (tertiary/aromatic N) is 2. The number of urea groups is 1. The highest BCUT2D eigenvalue weighted by Gasteiger charge is 2.28. The van der Waals surface area contributed by atoms with Crippen LogP contribution in [0.25, 0.3) is 0 Å². The van der Waals surface area contributed by atoms with Crippen LogP contribution in [0.4, 0.5) is 10.5 Å². The number of carbonyl (C=O) groups excluding carboxylic acids is 1. The van der Waals surface area contributed by atoms with Crippen LogP contribution in [0.5, 0.6) is 0 Å². The summed E-state index contributed by atoms with van der Waals surface area (Å²) in [5.74, 6) is 0. The molecular weight excluding hydrogens is 342 g/mol. The van der Waals surface area contributed by atoms with Gasteiger partial charge in [0.05, 0.1) is 12.2 Å². The Balaban J connectivity index is 1.44. The number of piperazine rings is 1. The second-order valence-electron chi connectivity index (χ2n) is 6.80. The van der Waals surface area contributed by atoms with Crippen LogP contribution in [-0.2, 0) is 4.74 Å². The van der Waals surface area contributed by atoms with Crippen molar-refractivity contribution in [2.24, 2.45) is 0 Å². The second kappa shape index (κ2) is 8.36. The van der Waals surface area contributed by atoms with Crippen molar-refractivity contribution in [3.05, 3.63) is 28.8 Å². The lowest BCUT2D eigenvalue weighted by atomic mass is 10.1. The fraction of sp³-hybridized carbons (Fsp3) is 0.611. The SMILES string of the molecule is Cc1ccc(NC(=O)N2CCN(C[C@@H](O)[C@@H]3CCCO3)CC2)cc1Cl. The maximum Gasteiger partial charge on any atom is 0.321 e. The van der Waals surface area contributed by atoms with Gasteiger partial charge in [-0.15, -0.1) is 0 Å². The molecule has 7 heteroatoms. The molecular formula is C18H26ClN3O3. The Kier molecular flexibility index (Phi) is 6.17. The number of aliphatic hydroxyl groups is 1. The maximum atomic E-state index is 12.4. The molecule has 0 spiro atoms. The summed E-state index contributed by atoms with van der Waals surface area (Å²) < 4.78 is 5.54. The molecule has 0 unspecified atom stereocenters. The summed E-state index contributed by atoms with van der Waals surface area (Å²) in [7, 11) is 0. The number of aliphatic hydroxyl groups excluding tert-OH is 1. The lowest BCUT2D eigenvalue weighted by molar-refractivity contribution is -0.0229. The van der Waals surface area contributed by atoms with Crippen molar-refractivity contribution in [1.82, 2.24) is 9.80 Å². The van der Waals surface area contributed by atoms with Gasteiger partial charge in [-0.1, -0.05) is 17.7 Å². The Bertz CT molecular complexity index is 599. The topological polar surface area (TPSA) is 65.0 Å². The average molecular weight is 368 g/mol. The summed E-state index contributed by atoms with van der Waals surface area (Å²) >= 11 is 6.10. The van der Waals surface area contributed by atoms with Crippen molar-refractivity contribution in [3.8, 4) is 0 Å². The number of nitrogens with one attached hydrogen (secondary N) is 1. The highest BCUT2D eigenvalue weighted by Crippen LogP contribution is 2.21. The van der Waals surface area contributed by atoms with E-state index in [9.17, 15) is 9.90 Å². The van der Waals surface area contributed by atoms with Crippen LogP contribution >= 0.6 is 11.6 Å². The second-order valence-corrected chi connectivity index (χ2v) is 7.21. The number of amides is 2. The fourth-order valence-corrected chi connectivity index (χ4v) is 3.48. The standard InChI is InChI=1S/C18H26ClN3O3/c1-13-4-5-14(11-15(13)19)20-18(24)22-8-6-21(7-9-22)12-16(23)17-3-2-10-25-17/h4-5,11,16-17,23H,2-3,6-10,12H2,1H3,(H,20,24)/t16-,17+/m1/s1. The molecule has 0 aliphatic carbocycles. The van der Waals surface area contributed by atoms with Crippen molar-refractivity contribution in [2.45, 2.75) is 32.0 Å². The third-order valence-corrected chi connectivity index (χ3v) is 5.33. The molecule has 25 heavy (non-hydrogen) atoms. The number of halogens is 1. The van der Waals surface area contributed by atoms with Crippen molar-refractivity contribution >= 4 is 23.3 Å². The molecule has 2 saturated heterocycles. The van der Waals surface area contributed by atoms with Crippen LogP contribution in [0.2, 0.25) is 5.02 Å². The zero-order chi connectivity index (χ0) is 17.8. The Morgan fingerprint density at radius 3 is 2.80 bits per heavy atom. The zero-order valence-electron chi connectivity index (χ0n) is 14.6. The van der Waals surface area contributed by atoms with E-state index in [1.807, 2.05) is 19.1 Å². The highest BCUT2D eigenvalue weighted by atomic mass is 35.5. The van der Waals surface area contributed by atoms with Gasteiger partial charge in [0.15, 0.2) is 0 Å². The van der Waals surface area contributed by atoms with Gasteiger partial charge in [-0.2, -0.15) is 0 Å². The molecule has 0 radical (unpaired) electrons. The summed E-state index contributed by atoms with van der Waals surface area (Å²) in [5.41, 5.74) is 1.69. The normalized spacial score (nSPS) is 22.8. The Morgan fingerprint density at radius 1 is 1.40 bits per heavy atom. The summed E-state index contributed by atoms with van der Waals surface area (Å²) in [6.07, 6.45) is 1.48. The predicted molar refractivity (Wildman–Crippen MR) is 98.2 cm³/mol. The van der Waals surface area contributed by atoms with E-state index in [0.717, 1.165) is 38.1 Å². The van der Waals surface area contributed by atoms with Gasteiger partial charge in [-0.05, 0) is 37.5 Å². The van der Waals surface area contributed by atoms with Crippen molar-refractivity contribution in [3.63, 3.8) is 0 Å². The zero-order valence-corrected chi connectivity index (χ0v) is 15.3. The summed E-state index contributed by atoms with van der Waals surface area (Å²) in [4.78, 5) is 16.4. The third kappa shape index (κ3) is 4.85. The minimum atomic E-state index is -0.447. The molecule has 2 N–H and O–H groups in total. The Hall–Kier alpha value is -1.34. The molecule has 2 atom stereocenters. The van der Waals surface area contributed by atoms with Gasteiger partial charge in [-0.3, -0.25) is 4.90 Å². The van der Waals surface area contributed by atoms with Gasteiger partial charge >= 0.3 is 6.03 Å². The first-order valence-electron chi connectivity index (χ1n) is 8.87. The molecule has 2 fully saturated rings. The number of carbonyl (C=O) groups is 1. The molecule has 138 valence electrons. The number of anilines is 1. The third-order valence-electron chi connectivity index (χ3n) is 4.92. The molecule has 2 amide bonds. The summed E-state index contributed by atoms with van der Waals surface area (Å²) in [6, 6.07) is 5.40. The van der Waals surface area contributed by atoms with Gasteiger partial charge in [-0.25, -0.2) is 4.79 Å². The van der Waals surface area contributed by atoms with Crippen LogP contribution < -0.4 is 5.32 Å². The molecule has 1 aromatic carbocycles. The van der Waals surface area contributed by atoms with E-state index < -0.39 is 6.10 Å². The monoisotopic (exact) mass is 367 g/mol. The van der Waals surface area contributed by atoms with Crippen LogP contribution in [-0.4, -0.2) is 72.5 Å². The van der Waals surface area contributed by atoms with Crippen LogP contribution in [0, 0.1) is 6.92 Å². The summed E-state index contributed by atoms with van der Waals surface area (Å²) in [6.45, 7) is 6.08. The number of benzene rings is 1. The van der Waals surface area contributed by atoms with Gasteiger partial charge in [0.1, 0.15) is 0 Å². The molecule has 0 aromatic heterocycles. The first-order chi connectivity index (χ1) is 12.0. The molecule has 1 aromatic rings. The lowest BCUT2D eigenvalue weighted by Crippen LogP contribution is -2.52. The number of ether oxygens (including phenoxy) is 1. The van der Waals surface area contributed by atoms with E-state index in [0.29, 0.717) is 30.3 Å². The summed E-state index contributed by atoms with van der Waals surface area (Å²) in [5, 5.41) is 13.8. The quantitative estimate of drug-likeness (QED) is 0.857. The van der Waals surface area contributed by atoms with E-state index in [2.05, 4.69) is 10.2 Å². The number of β-amino-alcohol motifs (C(OH)–C–C–N with tert-alkyl or cyclic N) is 1. The van der Waals surface area contributed by atoms with E-state index in [1.165, 1.54) is 0 Å². The predicted octanol–water partition coefficient (Wildman–Crippen LogP) is 2.34. The first-order valence-corrected chi connectivity index (χ1v) is 9.25. The smallest absolute Gasteiger partial charge is 0.321 e. The number of aryl methyl sites for hydroxylation is 1. The van der Waals surface area contributed by atoms with Crippen LogP contribution in [0.3, 0.4) is 0 Å². The van der Waals surface area contributed by atoms with Gasteiger partial charge < -0.3 is 20.1 Å². The maximum absolute atomic E-state index is 12.4. The minimum absolute atomic E-state index is 0.0346. The molecule has 0 bridgehead atoms. The molecule has 0 saturated carbocycles. The molecule has 2 aliphatic rings. The Morgan fingerprint density at radius 2 is 2.16 bits per heavy atom. The van der Waals surface area contributed by atoms with Gasteiger partial charge in [0.2, 0.25) is 0 Å². The van der Waals surface area contributed by atoms with Gasteiger partial charge in [0.25, 0.3) is 0 Å². The Labute approximate surface area is 153 Å². The fourth-order valence-electron chi connectivity index (χ4n) is 3.29. The lowest BCUT2D eigenvalue weighted by Gasteiger charge is -2.36. The molecule has 3 rings (SSSR count). The molecule has 2 aliphatic heterocycles. The first kappa shape index (κ1) is 18.5. The largest absolute Gasteiger partial charge is 0.389 e. The minimum Gasteiger partial charge on any atom is -0.389 e. The number of hydrogen-bond donors (Lipinski definition) is 2. The van der Waals surface area contributed by atoms with Gasteiger partial charge in [0, 0.05) is 50.0 Å². The highest BCUT2D eigenvalue weighted by molar-refractivity contribution is 6.31. The average Bonchev–Trinajstić information content (AvgIpc) is 3.13. The van der Waals surface area contributed by atoms with Crippen molar-refractivity contribution in [1.29, 1.82) is 0 Å². The van der Waals surface area contributed by atoms with Crippen LogP contribution in [0.1, 0.15) is 18.4 Å². The van der Waals surface area contributed by atoms with Crippen LogP contribution in [0.15, 0.2) is 18.2 Å². The van der Waals surface area contributed by atoms with Crippen molar-refractivity contribution < 1.29 is 14.6 Å². The van der Waals surface area contributed by atoms with E-state index >= 15 is 0 Å². The van der Waals surface area contributed by atoms with E-state index in [1.54, 1.807) is 11.0 Å². The van der Waals surface area contributed by atoms with E-state index in [4.69, 9.17) is 16.3 Å². The number of hydrogen-bond acceptors (Lipinski definition) is 4. The van der Waals surface area contributed by atoms with E-state index in [-0.39, 0.29) is 12.1 Å². The molecule has 2 heterocycles.